The number of carboxylic acid groups (broad SMARTS) is 1. The molecule has 4 N–H and O–H groups in total. The third kappa shape index (κ3) is 3.95. The molecule has 2 amide bonds. The Hall–Kier alpha value is -1.59. The molecule has 1 aliphatic carbocycles. The lowest BCUT2D eigenvalue weighted by atomic mass is 9.71. The summed E-state index contributed by atoms with van der Waals surface area (Å²) >= 11 is 0. The van der Waals surface area contributed by atoms with Crippen LogP contribution in [0.1, 0.15) is 52.4 Å². The van der Waals surface area contributed by atoms with Gasteiger partial charge in [0.2, 0.25) is 11.8 Å². The molecule has 1 saturated carbocycles. The van der Waals surface area contributed by atoms with Crippen molar-refractivity contribution in [2.45, 2.75) is 58.4 Å². The molecule has 1 atom stereocenters. The molecule has 6 nitrogen and oxygen atoms in total. The van der Waals surface area contributed by atoms with Crippen LogP contribution in [-0.2, 0) is 14.4 Å². The van der Waals surface area contributed by atoms with Crippen molar-refractivity contribution in [2.75, 3.05) is 0 Å². The van der Waals surface area contributed by atoms with E-state index in [0.717, 1.165) is 19.3 Å². The number of nitrogens with one attached hydrogen (secondary N) is 1. The summed E-state index contributed by atoms with van der Waals surface area (Å²) in [6.07, 6.45) is 3.59. The Morgan fingerprint density at radius 1 is 1.20 bits per heavy atom. The third-order valence-electron chi connectivity index (χ3n) is 4.05. The molecule has 0 bridgehead atoms. The molecule has 1 rings (SSSR count). The van der Waals surface area contributed by atoms with Crippen LogP contribution in [-0.4, -0.2) is 28.9 Å². The molecule has 0 heterocycles. The van der Waals surface area contributed by atoms with Gasteiger partial charge in [-0.1, -0.05) is 33.1 Å². The summed E-state index contributed by atoms with van der Waals surface area (Å²) in [5.41, 5.74) is 4.26. The average molecular weight is 284 g/mol. The van der Waals surface area contributed by atoms with Gasteiger partial charge in [0.05, 0.1) is 5.41 Å². The van der Waals surface area contributed by atoms with Gasteiger partial charge >= 0.3 is 5.97 Å². The van der Waals surface area contributed by atoms with Crippen molar-refractivity contribution in [3.05, 3.63) is 0 Å². The van der Waals surface area contributed by atoms with Crippen molar-refractivity contribution in [1.29, 1.82) is 0 Å². The number of hydrogen-bond acceptors (Lipinski definition) is 3. The van der Waals surface area contributed by atoms with Gasteiger partial charge in [0.1, 0.15) is 6.04 Å². The lowest BCUT2D eigenvalue weighted by Crippen LogP contribution is -2.49. The van der Waals surface area contributed by atoms with Gasteiger partial charge in [-0.05, 0) is 18.8 Å². The minimum atomic E-state index is -0.985. The molecule has 1 unspecified atom stereocenters. The Balaban J connectivity index is 2.71. The second-order valence-electron chi connectivity index (χ2n) is 6.01. The first-order valence-corrected chi connectivity index (χ1v) is 7.10. The number of aliphatic carboxylic acids is 1. The topological polar surface area (TPSA) is 109 Å². The van der Waals surface area contributed by atoms with Crippen LogP contribution in [0.15, 0.2) is 0 Å². The van der Waals surface area contributed by atoms with Crippen molar-refractivity contribution >= 4 is 17.8 Å². The predicted octanol–water partition coefficient (Wildman–Crippen LogP) is 1.04. The van der Waals surface area contributed by atoms with E-state index in [2.05, 4.69) is 5.32 Å². The van der Waals surface area contributed by atoms with Crippen LogP contribution in [0.3, 0.4) is 0 Å². The first-order chi connectivity index (χ1) is 9.28. The van der Waals surface area contributed by atoms with E-state index in [1.165, 1.54) is 0 Å². The molecule has 0 spiro atoms. The Morgan fingerprint density at radius 3 is 2.15 bits per heavy atom. The monoisotopic (exact) mass is 284 g/mol. The minimum Gasteiger partial charge on any atom is -0.481 e. The van der Waals surface area contributed by atoms with Crippen molar-refractivity contribution in [1.82, 2.24) is 5.32 Å². The highest BCUT2D eigenvalue weighted by molar-refractivity contribution is 5.89. The molecule has 0 aromatic carbocycles. The van der Waals surface area contributed by atoms with Gasteiger partial charge in [0.15, 0.2) is 0 Å². The summed E-state index contributed by atoms with van der Waals surface area (Å²) in [5, 5.41) is 12.0. The lowest BCUT2D eigenvalue weighted by molar-refractivity contribution is -0.154. The number of carboxylic acids is 1. The van der Waals surface area contributed by atoms with E-state index in [1.807, 2.05) is 0 Å². The van der Waals surface area contributed by atoms with Crippen LogP contribution in [0.2, 0.25) is 0 Å². The summed E-state index contributed by atoms with van der Waals surface area (Å²) in [6, 6.07) is -0.753. The largest absolute Gasteiger partial charge is 0.481 e. The van der Waals surface area contributed by atoms with E-state index in [9.17, 15) is 19.5 Å². The zero-order valence-corrected chi connectivity index (χ0v) is 12.1. The van der Waals surface area contributed by atoms with E-state index in [-0.39, 0.29) is 12.3 Å². The second-order valence-corrected chi connectivity index (χ2v) is 6.01. The predicted molar refractivity (Wildman–Crippen MR) is 73.7 cm³/mol. The van der Waals surface area contributed by atoms with Crippen LogP contribution in [0, 0.1) is 11.3 Å². The maximum atomic E-state index is 12.1. The van der Waals surface area contributed by atoms with Crippen molar-refractivity contribution < 1.29 is 19.5 Å². The van der Waals surface area contributed by atoms with Gasteiger partial charge in [-0.3, -0.25) is 14.4 Å². The summed E-state index contributed by atoms with van der Waals surface area (Å²) < 4.78 is 0. The highest BCUT2D eigenvalue weighted by atomic mass is 16.4. The number of carbonyl (C=O) groups excluding carboxylic acids is 2. The molecular formula is C14H24N2O4. The lowest BCUT2D eigenvalue weighted by Gasteiger charge is -2.33. The van der Waals surface area contributed by atoms with E-state index in [0.29, 0.717) is 12.8 Å². The maximum absolute atomic E-state index is 12.1. The van der Waals surface area contributed by atoms with Gasteiger partial charge in [-0.25, -0.2) is 0 Å². The summed E-state index contributed by atoms with van der Waals surface area (Å²) in [7, 11) is 0. The van der Waals surface area contributed by atoms with Crippen LogP contribution < -0.4 is 11.1 Å². The number of carbonyl (C=O) groups is 3. The molecule has 1 fully saturated rings. The van der Waals surface area contributed by atoms with Crippen LogP contribution >= 0.6 is 0 Å². The SMILES string of the molecule is CC(C)C(NC(=O)CC1(C(=O)O)CCCCC1)C(N)=O. The van der Waals surface area contributed by atoms with Crippen molar-refractivity contribution in [2.24, 2.45) is 17.1 Å². The van der Waals surface area contributed by atoms with Gasteiger partial charge < -0.3 is 16.2 Å². The van der Waals surface area contributed by atoms with Gasteiger partial charge in [0, 0.05) is 6.42 Å². The van der Waals surface area contributed by atoms with Gasteiger partial charge in [-0.2, -0.15) is 0 Å². The number of amides is 2. The van der Waals surface area contributed by atoms with Crippen LogP contribution in [0.4, 0.5) is 0 Å². The van der Waals surface area contributed by atoms with Crippen LogP contribution in [0.25, 0.3) is 0 Å². The standard InChI is InChI=1S/C14H24N2O4/c1-9(2)11(12(15)18)16-10(17)8-14(13(19)20)6-4-3-5-7-14/h9,11H,3-8H2,1-2H3,(H2,15,18)(H,16,17)(H,19,20). The van der Waals surface area contributed by atoms with Gasteiger partial charge in [0.25, 0.3) is 0 Å². The normalized spacial score (nSPS) is 19.4. The number of nitrogens with two attached hydrogens (primary N) is 1. The fourth-order valence-corrected chi connectivity index (χ4v) is 2.79. The van der Waals surface area contributed by atoms with Crippen LogP contribution in [0.5, 0.6) is 0 Å². The zero-order chi connectivity index (χ0) is 15.3. The van der Waals surface area contributed by atoms with E-state index < -0.39 is 29.2 Å². The summed E-state index contributed by atoms with van der Waals surface area (Å²) in [5.74, 6) is -2.05. The van der Waals surface area contributed by atoms with Crippen molar-refractivity contribution in [3.63, 3.8) is 0 Å². The molecule has 0 radical (unpaired) electrons. The maximum Gasteiger partial charge on any atom is 0.310 e. The molecule has 0 aromatic heterocycles. The Kier molecular flexibility index (Phi) is 5.53. The Bertz CT molecular complexity index is 387. The molecule has 114 valence electrons. The van der Waals surface area contributed by atoms with E-state index in [4.69, 9.17) is 5.73 Å². The fourth-order valence-electron chi connectivity index (χ4n) is 2.79. The molecule has 20 heavy (non-hydrogen) atoms. The molecule has 1 aliphatic rings. The van der Waals surface area contributed by atoms with Gasteiger partial charge in [-0.15, -0.1) is 0 Å². The summed E-state index contributed by atoms with van der Waals surface area (Å²) in [4.78, 5) is 34.8. The molecule has 0 saturated heterocycles. The number of rotatable bonds is 6. The first kappa shape index (κ1) is 16.5. The molecule has 0 aliphatic heterocycles. The average Bonchev–Trinajstić information content (AvgIpc) is 2.36. The highest BCUT2D eigenvalue weighted by Crippen LogP contribution is 2.39. The minimum absolute atomic E-state index is 0.0845. The summed E-state index contributed by atoms with van der Waals surface area (Å²) in [6.45, 7) is 3.56. The van der Waals surface area contributed by atoms with E-state index in [1.54, 1.807) is 13.8 Å². The zero-order valence-electron chi connectivity index (χ0n) is 12.1. The Labute approximate surface area is 119 Å². The van der Waals surface area contributed by atoms with E-state index >= 15 is 0 Å². The van der Waals surface area contributed by atoms with Crippen molar-refractivity contribution in [3.8, 4) is 0 Å². The second kappa shape index (κ2) is 6.72. The smallest absolute Gasteiger partial charge is 0.310 e. The number of hydrogen-bond donors (Lipinski definition) is 3. The third-order valence-corrected chi connectivity index (χ3v) is 4.05. The molecule has 0 aromatic rings. The Morgan fingerprint density at radius 2 is 1.75 bits per heavy atom. The first-order valence-electron chi connectivity index (χ1n) is 7.10. The quantitative estimate of drug-likeness (QED) is 0.676. The fraction of sp³-hybridized carbons (Fsp3) is 0.786. The highest BCUT2D eigenvalue weighted by Gasteiger charge is 2.41. The molecular weight excluding hydrogens is 260 g/mol. The molecule has 6 heteroatoms. The number of primary amides is 1.